The molecule has 1 aliphatic heterocycles. The lowest BCUT2D eigenvalue weighted by molar-refractivity contribution is -0.145. The second kappa shape index (κ2) is 9.61. The molecule has 0 spiro atoms. The summed E-state index contributed by atoms with van der Waals surface area (Å²) in [6.45, 7) is 0. The van der Waals surface area contributed by atoms with Crippen LogP contribution in [0.5, 0.6) is 17.2 Å². The summed E-state index contributed by atoms with van der Waals surface area (Å²) >= 11 is 6.17. The van der Waals surface area contributed by atoms with Crippen molar-refractivity contribution in [3.63, 3.8) is 0 Å². The number of nitrogens with zero attached hydrogens (tertiary/aromatic N) is 1. The van der Waals surface area contributed by atoms with Crippen molar-refractivity contribution in [3.05, 3.63) is 22.6 Å². The van der Waals surface area contributed by atoms with Gasteiger partial charge in [0.1, 0.15) is 10.4 Å². The number of rotatable bonds is 9. The highest BCUT2D eigenvalue weighted by molar-refractivity contribution is 8.26. The SMILES string of the molecule is COc1ccc(/C=C2\SC(=S)N(C(CCC(N)=O)C(=O)O)C2=O)c(OC)c1OC. The van der Waals surface area contributed by atoms with E-state index in [9.17, 15) is 19.5 Å². The molecule has 2 amide bonds. The van der Waals surface area contributed by atoms with Crippen molar-refractivity contribution < 1.29 is 33.7 Å². The van der Waals surface area contributed by atoms with Gasteiger partial charge in [-0.1, -0.05) is 24.0 Å². The average molecular weight is 440 g/mol. The molecule has 156 valence electrons. The highest BCUT2D eigenvalue weighted by atomic mass is 32.2. The van der Waals surface area contributed by atoms with Crippen LogP contribution < -0.4 is 19.9 Å². The van der Waals surface area contributed by atoms with Gasteiger partial charge in [0.25, 0.3) is 5.91 Å². The van der Waals surface area contributed by atoms with Gasteiger partial charge < -0.3 is 25.1 Å². The number of amides is 2. The molecule has 0 bridgehead atoms. The Morgan fingerprint density at radius 1 is 1.24 bits per heavy atom. The molecule has 1 aromatic rings. The largest absolute Gasteiger partial charge is 0.493 e. The lowest BCUT2D eigenvalue weighted by Crippen LogP contribution is -2.44. The summed E-state index contributed by atoms with van der Waals surface area (Å²) in [5.41, 5.74) is 5.62. The van der Waals surface area contributed by atoms with Crippen LogP contribution in [0.3, 0.4) is 0 Å². The fourth-order valence-corrected chi connectivity index (χ4v) is 4.12. The number of thiocarbonyl (C=S) groups is 1. The minimum Gasteiger partial charge on any atom is -0.493 e. The quantitative estimate of drug-likeness (QED) is 0.435. The van der Waals surface area contributed by atoms with Gasteiger partial charge in [0.15, 0.2) is 11.5 Å². The Hall–Kier alpha value is -2.79. The summed E-state index contributed by atoms with van der Waals surface area (Å²) in [6, 6.07) is 2.04. The van der Waals surface area contributed by atoms with E-state index < -0.39 is 23.8 Å². The number of hydrogen-bond donors (Lipinski definition) is 2. The van der Waals surface area contributed by atoms with Crippen LogP contribution in [-0.2, 0) is 14.4 Å². The third-order valence-corrected chi connectivity index (χ3v) is 5.44. The molecule has 1 atom stereocenters. The van der Waals surface area contributed by atoms with Crippen LogP contribution in [0.15, 0.2) is 17.0 Å². The molecule has 3 N–H and O–H groups in total. The Bertz CT molecular complexity index is 885. The molecule has 1 heterocycles. The second-order valence-corrected chi connectivity index (χ2v) is 7.51. The first kappa shape index (κ1) is 22.5. The van der Waals surface area contributed by atoms with Crippen LogP contribution in [-0.4, -0.2) is 59.5 Å². The number of hydrogen-bond acceptors (Lipinski definition) is 8. The maximum atomic E-state index is 12.9. The molecule has 11 heteroatoms. The number of carboxylic acids is 1. The van der Waals surface area contributed by atoms with Gasteiger partial charge in [-0.05, 0) is 24.6 Å². The highest BCUT2D eigenvalue weighted by Gasteiger charge is 2.40. The Balaban J connectivity index is 2.41. The minimum absolute atomic E-state index is 0.0811. The summed E-state index contributed by atoms with van der Waals surface area (Å²) in [5.74, 6) is -1.36. The van der Waals surface area contributed by atoms with Gasteiger partial charge in [0, 0.05) is 12.0 Å². The second-order valence-electron chi connectivity index (χ2n) is 5.83. The Kier molecular flexibility index (Phi) is 7.46. The van der Waals surface area contributed by atoms with Crippen LogP contribution in [0.25, 0.3) is 6.08 Å². The van der Waals surface area contributed by atoms with Crippen molar-refractivity contribution >= 4 is 52.2 Å². The van der Waals surface area contributed by atoms with E-state index >= 15 is 0 Å². The van der Waals surface area contributed by atoms with Crippen molar-refractivity contribution in [2.24, 2.45) is 5.73 Å². The van der Waals surface area contributed by atoms with E-state index in [1.807, 2.05) is 0 Å². The van der Waals surface area contributed by atoms with Crippen LogP contribution in [0.1, 0.15) is 18.4 Å². The molecule has 9 nitrogen and oxygen atoms in total. The maximum Gasteiger partial charge on any atom is 0.326 e. The van der Waals surface area contributed by atoms with Crippen molar-refractivity contribution in [1.29, 1.82) is 0 Å². The van der Waals surface area contributed by atoms with Gasteiger partial charge in [-0.2, -0.15) is 0 Å². The number of nitrogens with two attached hydrogens (primary N) is 1. The zero-order chi connectivity index (χ0) is 21.7. The number of carbonyl (C=O) groups excluding carboxylic acids is 2. The fourth-order valence-electron chi connectivity index (χ4n) is 2.77. The number of thioether (sulfide) groups is 1. The maximum absolute atomic E-state index is 12.9. The summed E-state index contributed by atoms with van der Waals surface area (Å²) in [5, 5.41) is 9.48. The van der Waals surface area contributed by atoms with Gasteiger partial charge in [0.2, 0.25) is 11.7 Å². The van der Waals surface area contributed by atoms with E-state index in [-0.39, 0.29) is 22.1 Å². The molecule has 1 saturated heterocycles. The van der Waals surface area contributed by atoms with E-state index in [0.29, 0.717) is 22.8 Å². The summed E-state index contributed by atoms with van der Waals surface area (Å²) < 4.78 is 16.0. The lowest BCUT2D eigenvalue weighted by atomic mass is 10.1. The van der Waals surface area contributed by atoms with Crippen molar-refractivity contribution in [2.45, 2.75) is 18.9 Å². The standard InChI is InChI=1S/C18H20N2O7S2/c1-25-11-6-4-9(14(26-2)15(11)27-3)8-12-16(22)20(18(28)29-12)10(17(23)24)5-7-13(19)21/h4,6,8,10H,5,7H2,1-3H3,(H2,19,21)(H,23,24)/b12-8-. The van der Waals surface area contributed by atoms with Gasteiger partial charge in [-0.3, -0.25) is 14.5 Å². The predicted octanol–water partition coefficient (Wildman–Crippen LogP) is 1.63. The molecule has 2 rings (SSSR count). The number of carboxylic acid groups (broad SMARTS) is 1. The highest BCUT2D eigenvalue weighted by Crippen LogP contribution is 2.42. The van der Waals surface area contributed by atoms with Crippen LogP contribution >= 0.6 is 24.0 Å². The minimum atomic E-state index is -1.28. The number of benzene rings is 1. The van der Waals surface area contributed by atoms with E-state index in [1.165, 1.54) is 27.4 Å². The average Bonchev–Trinajstić information content (AvgIpc) is 2.94. The Morgan fingerprint density at radius 3 is 2.41 bits per heavy atom. The van der Waals surface area contributed by atoms with Gasteiger partial charge >= 0.3 is 5.97 Å². The lowest BCUT2D eigenvalue weighted by Gasteiger charge is -2.22. The molecule has 0 aromatic heterocycles. The van der Waals surface area contributed by atoms with E-state index in [1.54, 1.807) is 12.1 Å². The van der Waals surface area contributed by atoms with Gasteiger partial charge in [0.05, 0.1) is 26.2 Å². The van der Waals surface area contributed by atoms with Gasteiger partial charge in [-0.15, -0.1) is 0 Å². The number of primary amides is 1. The normalized spacial score (nSPS) is 16.1. The molecule has 1 fully saturated rings. The monoisotopic (exact) mass is 440 g/mol. The first-order valence-corrected chi connectivity index (χ1v) is 9.54. The third kappa shape index (κ3) is 4.80. The summed E-state index contributed by atoms with van der Waals surface area (Å²) in [4.78, 5) is 36.7. The number of methoxy groups -OCH3 is 3. The molecule has 0 radical (unpaired) electrons. The molecule has 0 saturated carbocycles. The Morgan fingerprint density at radius 2 is 1.90 bits per heavy atom. The van der Waals surface area contributed by atoms with Crippen molar-refractivity contribution in [3.8, 4) is 17.2 Å². The molecular weight excluding hydrogens is 420 g/mol. The predicted molar refractivity (Wildman–Crippen MR) is 111 cm³/mol. The van der Waals surface area contributed by atoms with Gasteiger partial charge in [-0.25, -0.2) is 4.79 Å². The molecule has 1 unspecified atom stereocenters. The molecule has 0 aliphatic carbocycles. The zero-order valence-corrected chi connectivity index (χ0v) is 17.6. The summed E-state index contributed by atoms with van der Waals surface area (Å²) in [7, 11) is 4.39. The van der Waals surface area contributed by atoms with E-state index in [2.05, 4.69) is 0 Å². The van der Waals surface area contributed by atoms with E-state index in [4.69, 9.17) is 32.2 Å². The van der Waals surface area contributed by atoms with Crippen molar-refractivity contribution in [2.75, 3.05) is 21.3 Å². The zero-order valence-electron chi connectivity index (χ0n) is 16.0. The first-order chi connectivity index (χ1) is 13.7. The van der Waals surface area contributed by atoms with Crippen molar-refractivity contribution in [1.82, 2.24) is 4.90 Å². The smallest absolute Gasteiger partial charge is 0.326 e. The molecule has 1 aromatic carbocycles. The first-order valence-electron chi connectivity index (χ1n) is 8.32. The number of ether oxygens (including phenoxy) is 3. The van der Waals surface area contributed by atoms with Crippen LogP contribution in [0.4, 0.5) is 0 Å². The molecule has 29 heavy (non-hydrogen) atoms. The third-order valence-electron chi connectivity index (χ3n) is 4.11. The van der Waals surface area contributed by atoms with Crippen LogP contribution in [0, 0.1) is 0 Å². The van der Waals surface area contributed by atoms with E-state index in [0.717, 1.165) is 16.7 Å². The fraction of sp³-hybridized carbons (Fsp3) is 0.333. The number of carbonyl (C=O) groups is 3. The molecular formula is C18H20N2O7S2. The number of aliphatic carboxylic acids is 1. The van der Waals surface area contributed by atoms with Crippen LogP contribution in [0.2, 0.25) is 0 Å². The topological polar surface area (TPSA) is 128 Å². The Labute approximate surface area is 176 Å². The summed E-state index contributed by atoms with van der Waals surface area (Å²) in [6.07, 6.45) is 1.22. The molecule has 1 aliphatic rings.